The Hall–Kier alpha value is -3.52. The van der Waals surface area contributed by atoms with Gasteiger partial charge in [-0.1, -0.05) is 100 Å². The van der Waals surface area contributed by atoms with Crippen LogP contribution >= 0.6 is 0 Å². The second kappa shape index (κ2) is 7.07. The van der Waals surface area contributed by atoms with Gasteiger partial charge in [0.2, 0.25) is 0 Å². The van der Waals surface area contributed by atoms with Crippen molar-refractivity contribution in [2.75, 3.05) is 0 Å². The molecule has 37 heavy (non-hydrogen) atoms. The van der Waals surface area contributed by atoms with Gasteiger partial charge in [0.05, 0.1) is 16.7 Å². The number of benzene rings is 3. The molecule has 3 aromatic carbocycles. The highest BCUT2D eigenvalue weighted by Crippen LogP contribution is 2.54. The lowest BCUT2D eigenvalue weighted by Gasteiger charge is -2.39. The average Bonchev–Trinajstić information content (AvgIpc) is 3.47. The fraction of sp³-hybridized carbons (Fsp3) is 0.242. The summed E-state index contributed by atoms with van der Waals surface area (Å²) in [4.78, 5) is 4.96. The molecule has 3 aromatic heterocycles. The van der Waals surface area contributed by atoms with Crippen LogP contribution in [0.25, 0.3) is 49.6 Å². The van der Waals surface area contributed by atoms with Gasteiger partial charge >= 0.3 is 0 Å². The largest absolute Gasteiger partial charge is 0.311 e. The highest BCUT2D eigenvalue weighted by Gasteiger charge is 2.41. The fourth-order valence-electron chi connectivity index (χ4n) is 6.50. The van der Waals surface area contributed by atoms with Crippen molar-refractivity contribution < 1.29 is 0 Å². The first-order valence-electron chi connectivity index (χ1n) is 13.4. The second-order valence-electron chi connectivity index (χ2n) is 13.0. The fourth-order valence-corrected chi connectivity index (χ4v) is 6.50. The van der Waals surface area contributed by atoms with Crippen molar-refractivity contribution in [2.45, 2.75) is 45.2 Å². The van der Waals surface area contributed by atoms with E-state index in [1.54, 1.807) is 0 Å². The Morgan fingerprint density at radius 1 is 0.811 bits per heavy atom. The molecule has 0 amide bonds. The molecule has 3 heterocycles. The average molecular weight is 478 g/mol. The number of fused-ring (bicyclic) bond motifs is 8. The van der Waals surface area contributed by atoms with E-state index < -0.39 is 0 Å². The molecule has 180 valence electrons. The van der Waals surface area contributed by atoms with Crippen molar-refractivity contribution in [3.63, 3.8) is 0 Å². The minimum absolute atomic E-state index is 0.0377. The van der Waals surface area contributed by atoms with E-state index in [1.165, 1.54) is 55.1 Å². The number of para-hydroxylation sites is 1. The Bertz CT molecular complexity index is 1850. The van der Waals surface area contributed by atoms with Gasteiger partial charge in [-0.2, -0.15) is 0 Å². The summed E-state index contributed by atoms with van der Waals surface area (Å²) in [6, 6.07) is 27.1. The lowest BCUT2D eigenvalue weighted by atomic mass is 9.41. The van der Waals surface area contributed by atoms with E-state index in [0.29, 0.717) is 0 Å². The molecular formula is C33H32B2N2. The predicted octanol–water partition coefficient (Wildman–Crippen LogP) is 6.52. The van der Waals surface area contributed by atoms with Crippen molar-refractivity contribution in [3.8, 4) is 22.4 Å². The van der Waals surface area contributed by atoms with Gasteiger partial charge in [0.25, 0.3) is 0 Å². The van der Waals surface area contributed by atoms with Gasteiger partial charge in [-0.3, -0.25) is 4.98 Å². The molecule has 1 aliphatic rings. The van der Waals surface area contributed by atoms with Crippen LogP contribution in [0.2, 0.25) is 0 Å². The second-order valence-corrected chi connectivity index (χ2v) is 13.0. The Morgan fingerprint density at radius 3 is 2.30 bits per heavy atom. The monoisotopic (exact) mass is 478 g/mol. The van der Waals surface area contributed by atoms with Crippen molar-refractivity contribution >= 4 is 42.9 Å². The van der Waals surface area contributed by atoms with Crippen LogP contribution in [0, 0.1) is 5.41 Å². The van der Waals surface area contributed by atoms with Crippen molar-refractivity contribution in [1.82, 2.24) is 9.38 Å². The third-order valence-electron chi connectivity index (χ3n) is 9.64. The number of hydrogen-bond donors (Lipinski definition) is 0. The van der Waals surface area contributed by atoms with Crippen molar-refractivity contribution in [1.29, 1.82) is 0 Å². The van der Waals surface area contributed by atoms with Gasteiger partial charge in [0, 0.05) is 44.6 Å². The summed E-state index contributed by atoms with van der Waals surface area (Å²) in [5.41, 5.74) is 11.8. The van der Waals surface area contributed by atoms with Crippen LogP contribution in [0.5, 0.6) is 0 Å². The maximum atomic E-state index is 4.96. The number of aromatic nitrogens is 2. The molecule has 0 bridgehead atoms. The first-order valence-corrected chi connectivity index (χ1v) is 13.4. The maximum absolute atomic E-state index is 4.96. The highest BCUT2D eigenvalue weighted by molar-refractivity contribution is 6.40. The molecule has 4 heteroatoms. The summed E-state index contributed by atoms with van der Waals surface area (Å²) in [5.74, 6) is 0. The van der Waals surface area contributed by atoms with Gasteiger partial charge in [0.1, 0.15) is 15.7 Å². The van der Waals surface area contributed by atoms with E-state index in [9.17, 15) is 0 Å². The molecule has 0 saturated heterocycles. The van der Waals surface area contributed by atoms with Crippen LogP contribution in [-0.2, 0) is 10.6 Å². The van der Waals surface area contributed by atoms with E-state index in [0.717, 1.165) is 11.3 Å². The van der Waals surface area contributed by atoms with Crippen LogP contribution in [0.1, 0.15) is 51.4 Å². The summed E-state index contributed by atoms with van der Waals surface area (Å²) in [6.45, 7) is 11.6. The Morgan fingerprint density at radius 2 is 1.57 bits per heavy atom. The zero-order valence-corrected chi connectivity index (χ0v) is 22.9. The van der Waals surface area contributed by atoms with Crippen LogP contribution in [0.3, 0.4) is 0 Å². The predicted molar refractivity (Wildman–Crippen MR) is 163 cm³/mol. The SMILES string of the molecule is BC(B)(c1ccc(-c2ccc3c4cccc5c6c(n(c3c2)c54)C(C)(C)c2ccccc2-6)nc1)C(C)(C)C. The van der Waals surface area contributed by atoms with Gasteiger partial charge < -0.3 is 4.40 Å². The molecular weight excluding hydrogens is 446 g/mol. The van der Waals surface area contributed by atoms with Crippen LogP contribution < -0.4 is 0 Å². The molecule has 0 unspecified atom stereocenters. The maximum Gasteiger partial charge on any atom is 0.105 e. The molecule has 0 N–H and O–H groups in total. The summed E-state index contributed by atoms with van der Waals surface area (Å²) in [5, 5.41) is 4.03. The van der Waals surface area contributed by atoms with Crippen molar-refractivity contribution in [2.24, 2.45) is 5.41 Å². The molecule has 7 rings (SSSR count). The molecule has 6 aromatic rings. The minimum atomic E-state index is -0.0712. The number of rotatable bonds is 2. The highest BCUT2D eigenvalue weighted by atomic mass is 14.9. The minimum Gasteiger partial charge on any atom is -0.311 e. The molecule has 0 radical (unpaired) electrons. The van der Waals surface area contributed by atoms with Crippen LogP contribution in [0.4, 0.5) is 0 Å². The Labute approximate surface area is 220 Å². The third kappa shape index (κ3) is 2.82. The van der Waals surface area contributed by atoms with Crippen molar-refractivity contribution in [3.05, 3.63) is 95.8 Å². The summed E-state index contributed by atoms with van der Waals surface area (Å²) in [7, 11) is 4.63. The number of nitrogens with zero attached hydrogens (tertiary/aromatic N) is 2. The molecule has 2 nitrogen and oxygen atoms in total. The summed E-state index contributed by atoms with van der Waals surface area (Å²) < 4.78 is 2.55. The first kappa shape index (κ1) is 22.7. The molecule has 0 spiro atoms. The first-order chi connectivity index (χ1) is 17.5. The van der Waals surface area contributed by atoms with Gasteiger partial charge in [-0.05, 0) is 34.2 Å². The molecule has 0 aliphatic heterocycles. The summed E-state index contributed by atoms with van der Waals surface area (Å²) >= 11 is 0. The van der Waals surface area contributed by atoms with Gasteiger partial charge in [-0.15, -0.1) is 0 Å². The van der Waals surface area contributed by atoms with Crippen LogP contribution in [0.15, 0.2) is 79.0 Å². The molecule has 0 atom stereocenters. The molecule has 0 saturated carbocycles. The molecule has 0 fully saturated rings. The van der Waals surface area contributed by atoms with Gasteiger partial charge in [-0.25, -0.2) is 0 Å². The quantitative estimate of drug-likeness (QED) is 0.259. The molecule has 1 aliphatic carbocycles. The van der Waals surface area contributed by atoms with E-state index in [2.05, 4.69) is 134 Å². The van der Waals surface area contributed by atoms with Gasteiger partial charge in [0.15, 0.2) is 0 Å². The zero-order chi connectivity index (χ0) is 25.9. The summed E-state index contributed by atoms with van der Waals surface area (Å²) in [6.07, 6.45) is 2.08. The van der Waals surface area contributed by atoms with E-state index in [-0.39, 0.29) is 16.0 Å². The number of hydrogen-bond acceptors (Lipinski definition) is 1. The zero-order valence-electron chi connectivity index (χ0n) is 22.9. The Balaban J connectivity index is 1.47. The van der Waals surface area contributed by atoms with Crippen LogP contribution in [-0.4, -0.2) is 25.1 Å². The standard InChI is InChI=1S/C33H32B2N2/c1-31(2,3)33(34,35)20-14-16-26(36-18-20)19-13-15-21-22-10-8-11-24-28-23-9-6-7-12-25(23)32(4,5)30(28)37(29(22)24)27(21)17-19/h6-18H,34-35H2,1-5H3. The smallest absolute Gasteiger partial charge is 0.105 e. The Kier molecular flexibility index (Phi) is 4.33. The normalized spacial score (nSPS) is 15.1. The lowest BCUT2D eigenvalue weighted by Crippen LogP contribution is -2.41. The van der Waals surface area contributed by atoms with E-state index in [1.807, 2.05) is 0 Å². The topological polar surface area (TPSA) is 17.3 Å². The lowest BCUT2D eigenvalue weighted by molar-refractivity contribution is 0.358. The van der Waals surface area contributed by atoms with E-state index >= 15 is 0 Å². The van der Waals surface area contributed by atoms with E-state index in [4.69, 9.17) is 4.98 Å². The third-order valence-corrected chi connectivity index (χ3v) is 9.64. The number of pyridine rings is 1.